The highest BCUT2D eigenvalue weighted by atomic mass is 16.4. The summed E-state index contributed by atoms with van der Waals surface area (Å²) in [5, 5.41) is 58.2. The summed E-state index contributed by atoms with van der Waals surface area (Å²) in [6.07, 6.45) is -0.954. The minimum Gasteiger partial charge on any atom is -0.478 e. The van der Waals surface area contributed by atoms with E-state index in [-0.39, 0.29) is 35.5 Å². The van der Waals surface area contributed by atoms with Gasteiger partial charge in [0.25, 0.3) is 0 Å². The molecule has 7 N–H and O–H groups in total. The van der Waals surface area contributed by atoms with Gasteiger partial charge in [0.2, 0.25) is 0 Å². The molecule has 2 aromatic rings. The van der Waals surface area contributed by atoms with Crippen LogP contribution in [0.15, 0.2) is 48.5 Å². The second kappa shape index (κ2) is 13.4. The van der Waals surface area contributed by atoms with Gasteiger partial charge in [0.1, 0.15) is 6.10 Å². The Morgan fingerprint density at radius 2 is 0.767 bits per heavy atom. The van der Waals surface area contributed by atoms with Gasteiger partial charge in [-0.3, -0.25) is 0 Å². The Kier molecular flexibility index (Phi) is 11.7. The summed E-state index contributed by atoms with van der Waals surface area (Å²) < 4.78 is 0. The number of aliphatic hydroxyl groups excluding tert-OH is 3. The fraction of sp³-hybridized carbons (Fsp3) is 0.158. The van der Waals surface area contributed by atoms with Gasteiger partial charge in [-0.15, -0.1) is 0 Å². The molecular weight excluding hydrogens is 404 g/mol. The van der Waals surface area contributed by atoms with Crippen LogP contribution in [0.3, 0.4) is 0 Å². The maximum absolute atomic E-state index is 10.5. The summed E-state index contributed by atoms with van der Waals surface area (Å²) in [5.74, 6) is -4.91. The van der Waals surface area contributed by atoms with E-state index in [9.17, 15) is 19.2 Å². The highest BCUT2D eigenvalue weighted by molar-refractivity contribution is 6.02. The first-order valence-electron chi connectivity index (χ1n) is 8.07. The Labute approximate surface area is 169 Å². The van der Waals surface area contributed by atoms with E-state index in [1.807, 2.05) is 0 Å². The second-order valence-electron chi connectivity index (χ2n) is 5.33. The number of hydrogen-bond acceptors (Lipinski definition) is 7. The van der Waals surface area contributed by atoms with Crippen LogP contribution in [0.1, 0.15) is 41.4 Å². The van der Waals surface area contributed by atoms with E-state index in [0.717, 1.165) is 0 Å². The predicted octanol–water partition coefficient (Wildman–Crippen LogP) is 0.498. The minimum atomic E-state index is -1.23. The lowest BCUT2D eigenvalue weighted by molar-refractivity contribution is 0.0450. The molecule has 0 aliphatic carbocycles. The molecule has 30 heavy (non-hydrogen) atoms. The molecule has 0 aliphatic rings. The van der Waals surface area contributed by atoms with Crippen LogP contribution >= 0.6 is 0 Å². The number of carboxylic acid groups (broad SMARTS) is 4. The van der Waals surface area contributed by atoms with Crippen molar-refractivity contribution >= 4 is 23.9 Å². The fourth-order valence-electron chi connectivity index (χ4n) is 1.77. The summed E-state index contributed by atoms with van der Waals surface area (Å²) in [4.78, 5) is 41.9. The average Bonchev–Trinajstić information content (AvgIpc) is 2.73. The maximum atomic E-state index is 10.5. The molecule has 0 spiro atoms. The van der Waals surface area contributed by atoms with Gasteiger partial charge >= 0.3 is 23.9 Å². The number of hydrogen-bond donors (Lipinski definition) is 7. The lowest BCUT2D eigenvalue weighted by atomic mass is 10.1. The predicted molar refractivity (Wildman–Crippen MR) is 101 cm³/mol. The number of carboxylic acids is 4. The van der Waals surface area contributed by atoms with Crippen LogP contribution in [0, 0.1) is 0 Å². The molecule has 0 saturated carbocycles. The molecule has 0 radical (unpaired) electrons. The van der Waals surface area contributed by atoms with Crippen molar-refractivity contribution in [3.05, 3.63) is 70.8 Å². The maximum Gasteiger partial charge on any atom is 0.336 e. The van der Waals surface area contributed by atoms with E-state index in [1.54, 1.807) is 0 Å². The number of rotatable bonds is 6. The van der Waals surface area contributed by atoms with Gasteiger partial charge in [-0.05, 0) is 24.3 Å². The Bertz CT molecular complexity index is 739. The third-order valence-corrected chi connectivity index (χ3v) is 3.20. The number of benzene rings is 2. The van der Waals surface area contributed by atoms with Gasteiger partial charge in [-0.2, -0.15) is 0 Å². The monoisotopic (exact) mass is 424 g/mol. The third kappa shape index (κ3) is 8.93. The Hall–Kier alpha value is -3.80. The standard InChI is InChI=1S/2C8H6O4.C3H8O3/c2*9-7(10)5-3-1-2-4-6(5)8(11)12;4-1-3(6)2-5/h2*1-4H,(H,9,10)(H,11,12);3-6H,1-2H2. The first-order chi connectivity index (χ1) is 14.1. The summed E-state index contributed by atoms with van der Waals surface area (Å²) in [6.45, 7) is -0.729. The normalized spacial score (nSPS) is 9.47. The number of aliphatic hydroxyl groups is 3. The average molecular weight is 424 g/mol. The van der Waals surface area contributed by atoms with Crippen LogP contribution in [0.2, 0.25) is 0 Å². The molecule has 11 heteroatoms. The van der Waals surface area contributed by atoms with E-state index >= 15 is 0 Å². The highest BCUT2D eigenvalue weighted by Crippen LogP contribution is 2.08. The summed E-state index contributed by atoms with van der Waals surface area (Å²) in [5.41, 5.74) is -0.759. The van der Waals surface area contributed by atoms with Crippen LogP contribution in [-0.4, -0.2) is 78.9 Å². The molecule has 0 aromatic heterocycles. The molecule has 0 bridgehead atoms. The molecule has 11 nitrogen and oxygen atoms in total. The van der Waals surface area contributed by atoms with Crippen molar-refractivity contribution in [2.75, 3.05) is 13.2 Å². The SMILES string of the molecule is O=C(O)c1ccccc1C(=O)O.O=C(O)c1ccccc1C(=O)O.OCC(O)CO. The zero-order valence-corrected chi connectivity index (χ0v) is 15.4. The van der Waals surface area contributed by atoms with Crippen molar-refractivity contribution in [1.29, 1.82) is 0 Å². The van der Waals surface area contributed by atoms with Crippen LogP contribution in [-0.2, 0) is 0 Å². The molecule has 0 fully saturated rings. The zero-order chi connectivity index (χ0) is 23.3. The van der Waals surface area contributed by atoms with Gasteiger partial charge in [0, 0.05) is 0 Å². The second-order valence-corrected chi connectivity index (χ2v) is 5.33. The molecule has 0 heterocycles. The molecule has 2 rings (SSSR count). The Morgan fingerprint density at radius 3 is 0.867 bits per heavy atom. The Morgan fingerprint density at radius 1 is 0.567 bits per heavy atom. The van der Waals surface area contributed by atoms with Gasteiger partial charge in [0.15, 0.2) is 0 Å². The van der Waals surface area contributed by atoms with Crippen molar-refractivity contribution in [3.63, 3.8) is 0 Å². The first kappa shape index (κ1) is 26.2. The summed E-state index contributed by atoms with van der Waals surface area (Å²) in [7, 11) is 0. The highest BCUT2D eigenvalue weighted by Gasteiger charge is 2.14. The topological polar surface area (TPSA) is 210 Å². The van der Waals surface area contributed by atoms with Crippen LogP contribution in [0.25, 0.3) is 0 Å². The summed E-state index contributed by atoms with van der Waals surface area (Å²) in [6, 6.07) is 11.0. The third-order valence-electron chi connectivity index (χ3n) is 3.20. The van der Waals surface area contributed by atoms with Gasteiger partial charge in [0.05, 0.1) is 35.5 Å². The molecule has 0 saturated heterocycles. The lowest BCUT2D eigenvalue weighted by Crippen LogP contribution is -2.15. The molecule has 0 amide bonds. The number of carbonyl (C=O) groups is 4. The minimum absolute atomic E-state index is 0.190. The van der Waals surface area contributed by atoms with E-state index in [0.29, 0.717) is 0 Å². The number of aromatic carboxylic acids is 4. The van der Waals surface area contributed by atoms with Crippen molar-refractivity contribution in [3.8, 4) is 0 Å². The van der Waals surface area contributed by atoms with Gasteiger partial charge in [-0.1, -0.05) is 24.3 Å². The first-order valence-corrected chi connectivity index (χ1v) is 8.07. The molecule has 0 unspecified atom stereocenters. The van der Waals surface area contributed by atoms with E-state index < -0.39 is 30.0 Å². The molecule has 0 atom stereocenters. The van der Waals surface area contributed by atoms with Crippen LogP contribution in [0.4, 0.5) is 0 Å². The smallest absolute Gasteiger partial charge is 0.336 e. The van der Waals surface area contributed by atoms with E-state index in [2.05, 4.69) is 0 Å². The van der Waals surface area contributed by atoms with Gasteiger partial charge < -0.3 is 35.7 Å². The fourth-order valence-corrected chi connectivity index (χ4v) is 1.77. The largest absolute Gasteiger partial charge is 0.478 e. The van der Waals surface area contributed by atoms with Crippen molar-refractivity contribution in [2.24, 2.45) is 0 Å². The van der Waals surface area contributed by atoms with Crippen LogP contribution < -0.4 is 0 Å². The zero-order valence-electron chi connectivity index (χ0n) is 15.4. The van der Waals surface area contributed by atoms with Gasteiger partial charge in [-0.25, -0.2) is 19.2 Å². The lowest BCUT2D eigenvalue weighted by Gasteiger charge is -1.98. The van der Waals surface area contributed by atoms with Crippen molar-refractivity contribution in [2.45, 2.75) is 6.10 Å². The molecule has 162 valence electrons. The molecule has 0 aliphatic heterocycles. The van der Waals surface area contributed by atoms with Crippen molar-refractivity contribution < 1.29 is 54.9 Å². The molecular formula is C19H20O11. The summed E-state index contributed by atoms with van der Waals surface area (Å²) >= 11 is 0. The van der Waals surface area contributed by atoms with Crippen LogP contribution in [0.5, 0.6) is 0 Å². The molecule has 2 aromatic carbocycles. The van der Waals surface area contributed by atoms with E-state index in [1.165, 1.54) is 48.5 Å². The Balaban J connectivity index is 0.000000447. The quantitative estimate of drug-likeness (QED) is 0.339. The van der Waals surface area contributed by atoms with Crippen molar-refractivity contribution in [1.82, 2.24) is 0 Å². The van der Waals surface area contributed by atoms with E-state index in [4.69, 9.17) is 35.7 Å².